The molecular weight excluding hydrogens is 364 g/mol. The highest BCUT2D eigenvalue weighted by Gasteiger charge is 2.17. The number of carbonyl (C=O) groups excluding carboxylic acids is 3. The Hall–Kier alpha value is -4.17. The Labute approximate surface area is 168 Å². The fraction of sp³-hybridized carbons (Fsp3) is 0.0417. The highest BCUT2D eigenvalue weighted by atomic mass is 16.2. The molecule has 3 aromatic rings. The molecule has 0 aromatic heterocycles. The van der Waals surface area contributed by atoms with E-state index in [0.29, 0.717) is 27.8 Å². The summed E-state index contributed by atoms with van der Waals surface area (Å²) < 4.78 is 0. The average molecular weight is 382 g/mol. The van der Waals surface area contributed by atoms with Crippen LogP contribution < -0.4 is 11.1 Å². The van der Waals surface area contributed by atoms with E-state index in [2.05, 4.69) is 17.2 Å². The second kappa shape index (κ2) is 9.16. The van der Waals surface area contributed by atoms with Crippen molar-refractivity contribution < 1.29 is 14.4 Å². The zero-order valence-electron chi connectivity index (χ0n) is 15.5. The predicted octanol–water partition coefficient (Wildman–Crippen LogP) is 2.80. The van der Waals surface area contributed by atoms with Gasteiger partial charge in [0, 0.05) is 22.3 Å². The molecule has 2 amide bonds. The number of carbonyl (C=O) groups is 3. The lowest BCUT2D eigenvalue weighted by Gasteiger charge is -2.08. The fourth-order valence-electron chi connectivity index (χ4n) is 2.71. The number of nitrogens with one attached hydrogen (secondary N) is 1. The van der Waals surface area contributed by atoms with Gasteiger partial charge in [-0.2, -0.15) is 0 Å². The summed E-state index contributed by atoms with van der Waals surface area (Å²) in [6.45, 7) is 0.115. The molecule has 0 bridgehead atoms. The zero-order chi connectivity index (χ0) is 20.6. The summed E-state index contributed by atoms with van der Waals surface area (Å²) >= 11 is 0. The first-order valence-electron chi connectivity index (χ1n) is 8.92. The first-order chi connectivity index (χ1) is 14.1. The molecule has 3 rings (SSSR count). The minimum absolute atomic E-state index is 0.115. The molecule has 0 atom stereocenters. The molecule has 0 unspecified atom stereocenters. The Balaban J connectivity index is 1.68. The maximum Gasteiger partial charge on any atom is 0.252 e. The summed E-state index contributed by atoms with van der Waals surface area (Å²) in [6, 6.07) is 22.1. The van der Waals surface area contributed by atoms with E-state index >= 15 is 0 Å². The molecule has 29 heavy (non-hydrogen) atoms. The van der Waals surface area contributed by atoms with Crippen LogP contribution in [0.1, 0.15) is 42.2 Å². The Kier molecular flexibility index (Phi) is 6.18. The van der Waals surface area contributed by atoms with E-state index in [0.717, 1.165) is 0 Å². The molecule has 0 aliphatic heterocycles. The molecule has 3 N–H and O–H groups in total. The molecule has 142 valence electrons. The Morgan fingerprint density at radius 3 is 2.03 bits per heavy atom. The van der Waals surface area contributed by atoms with Crippen molar-refractivity contribution in [2.75, 3.05) is 6.54 Å². The first kappa shape index (κ1) is 19.6. The second-order valence-electron chi connectivity index (χ2n) is 6.17. The van der Waals surface area contributed by atoms with E-state index < -0.39 is 5.91 Å². The van der Waals surface area contributed by atoms with Gasteiger partial charge in [-0.1, -0.05) is 60.4 Å². The van der Waals surface area contributed by atoms with Crippen LogP contribution in [0.2, 0.25) is 0 Å². The lowest BCUT2D eigenvalue weighted by atomic mass is 9.98. The molecule has 3 aromatic carbocycles. The van der Waals surface area contributed by atoms with Gasteiger partial charge >= 0.3 is 0 Å². The molecule has 0 fully saturated rings. The van der Waals surface area contributed by atoms with Crippen LogP contribution in [0.25, 0.3) is 0 Å². The summed E-state index contributed by atoms with van der Waals surface area (Å²) in [6.07, 6.45) is 0. The van der Waals surface area contributed by atoms with Crippen LogP contribution >= 0.6 is 0 Å². The molecule has 0 saturated heterocycles. The summed E-state index contributed by atoms with van der Waals surface area (Å²) in [4.78, 5) is 36.3. The smallest absolute Gasteiger partial charge is 0.252 e. The molecule has 0 aliphatic carbocycles. The number of rotatable bonds is 5. The quantitative estimate of drug-likeness (QED) is 0.525. The summed E-state index contributed by atoms with van der Waals surface area (Å²) in [5.41, 5.74) is 7.46. The van der Waals surface area contributed by atoms with Crippen LogP contribution in [0.4, 0.5) is 0 Å². The highest BCUT2D eigenvalue weighted by Crippen LogP contribution is 2.14. The van der Waals surface area contributed by atoms with E-state index in [4.69, 9.17) is 5.73 Å². The van der Waals surface area contributed by atoms with Crippen LogP contribution in [-0.4, -0.2) is 24.1 Å². The van der Waals surface area contributed by atoms with Gasteiger partial charge in [-0.15, -0.1) is 0 Å². The zero-order valence-corrected chi connectivity index (χ0v) is 15.5. The minimum Gasteiger partial charge on any atom is -0.366 e. The molecule has 0 radical (unpaired) electrons. The van der Waals surface area contributed by atoms with E-state index in [1.54, 1.807) is 72.8 Å². The molecule has 0 aliphatic rings. The van der Waals surface area contributed by atoms with Crippen LogP contribution in [0, 0.1) is 11.8 Å². The van der Waals surface area contributed by atoms with Gasteiger partial charge in [-0.25, -0.2) is 0 Å². The first-order valence-corrected chi connectivity index (χ1v) is 8.92. The van der Waals surface area contributed by atoms with Gasteiger partial charge in [0.1, 0.15) is 0 Å². The number of ketones is 1. The summed E-state index contributed by atoms with van der Waals surface area (Å²) in [5.74, 6) is 4.66. The number of amides is 2. The highest BCUT2D eigenvalue weighted by molar-refractivity contribution is 6.15. The molecular formula is C24H18N2O3. The van der Waals surface area contributed by atoms with Gasteiger partial charge < -0.3 is 11.1 Å². The van der Waals surface area contributed by atoms with Crippen molar-refractivity contribution in [1.82, 2.24) is 5.32 Å². The third-order valence-corrected chi connectivity index (χ3v) is 4.19. The monoisotopic (exact) mass is 382 g/mol. The van der Waals surface area contributed by atoms with Crippen molar-refractivity contribution in [3.63, 3.8) is 0 Å². The molecule has 5 heteroatoms. The van der Waals surface area contributed by atoms with Crippen molar-refractivity contribution >= 4 is 17.6 Å². The number of primary amides is 1. The fourth-order valence-corrected chi connectivity index (χ4v) is 2.71. The molecule has 0 saturated carbocycles. The SMILES string of the molecule is NC(=O)c1ccc(C#CCNC(=O)c2ccccc2C(=O)c2ccccc2)cc1. The lowest BCUT2D eigenvalue weighted by molar-refractivity contribution is 0.0946. The lowest BCUT2D eigenvalue weighted by Crippen LogP contribution is -2.25. The molecule has 0 spiro atoms. The number of hydrogen-bond donors (Lipinski definition) is 2. The van der Waals surface area contributed by atoms with Crippen LogP contribution in [0.15, 0.2) is 78.9 Å². The van der Waals surface area contributed by atoms with E-state index in [1.807, 2.05) is 6.07 Å². The minimum atomic E-state index is -0.500. The normalized spacial score (nSPS) is 9.79. The van der Waals surface area contributed by atoms with E-state index in [9.17, 15) is 14.4 Å². The van der Waals surface area contributed by atoms with Crippen LogP contribution in [0.3, 0.4) is 0 Å². The maximum atomic E-state index is 12.7. The predicted molar refractivity (Wildman–Crippen MR) is 110 cm³/mol. The third-order valence-electron chi connectivity index (χ3n) is 4.19. The van der Waals surface area contributed by atoms with Gasteiger partial charge in [-0.3, -0.25) is 14.4 Å². The van der Waals surface area contributed by atoms with E-state index in [1.165, 1.54) is 0 Å². The summed E-state index contributed by atoms with van der Waals surface area (Å²) in [5, 5.41) is 2.71. The number of benzene rings is 3. The van der Waals surface area contributed by atoms with Gasteiger partial charge in [0.2, 0.25) is 5.91 Å². The maximum absolute atomic E-state index is 12.7. The topological polar surface area (TPSA) is 89.3 Å². The van der Waals surface area contributed by atoms with Crippen molar-refractivity contribution in [2.45, 2.75) is 0 Å². The van der Waals surface area contributed by atoms with Crippen molar-refractivity contribution in [3.8, 4) is 11.8 Å². The molecule has 0 heterocycles. The van der Waals surface area contributed by atoms with Gasteiger partial charge in [0.15, 0.2) is 5.78 Å². The van der Waals surface area contributed by atoms with Gasteiger partial charge in [0.25, 0.3) is 5.91 Å². The molecule has 5 nitrogen and oxygen atoms in total. The van der Waals surface area contributed by atoms with Crippen molar-refractivity contribution in [1.29, 1.82) is 0 Å². The van der Waals surface area contributed by atoms with Gasteiger partial charge in [-0.05, 0) is 30.3 Å². The number of nitrogens with two attached hydrogens (primary N) is 1. The van der Waals surface area contributed by atoms with E-state index in [-0.39, 0.29) is 18.2 Å². The van der Waals surface area contributed by atoms with Crippen LogP contribution in [0.5, 0.6) is 0 Å². The van der Waals surface area contributed by atoms with Crippen molar-refractivity contribution in [2.24, 2.45) is 5.73 Å². The largest absolute Gasteiger partial charge is 0.366 e. The standard InChI is InChI=1S/C24H18N2O3/c25-23(28)19-14-12-17(13-15-19)7-6-16-26-24(29)21-11-5-4-10-20(21)22(27)18-8-2-1-3-9-18/h1-5,8-15H,16H2,(H2,25,28)(H,26,29). The third kappa shape index (κ3) is 4.96. The average Bonchev–Trinajstić information content (AvgIpc) is 2.77. The second-order valence-corrected chi connectivity index (χ2v) is 6.17. The Morgan fingerprint density at radius 1 is 0.759 bits per heavy atom. The van der Waals surface area contributed by atoms with Crippen molar-refractivity contribution in [3.05, 3.63) is 107 Å². The van der Waals surface area contributed by atoms with Gasteiger partial charge in [0.05, 0.1) is 12.1 Å². The number of hydrogen-bond acceptors (Lipinski definition) is 3. The van der Waals surface area contributed by atoms with Crippen LogP contribution in [-0.2, 0) is 0 Å². The Bertz CT molecular complexity index is 1110. The Morgan fingerprint density at radius 2 is 1.38 bits per heavy atom. The summed E-state index contributed by atoms with van der Waals surface area (Å²) in [7, 11) is 0.